The second kappa shape index (κ2) is 7.06. The Morgan fingerprint density at radius 2 is 1.88 bits per heavy atom. The van der Waals surface area contributed by atoms with Crippen molar-refractivity contribution in [1.29, 1.82) is 0 Å². The van der Waals surface area contributed by atoms with Gasteiger partial charge < -0.3 is 4.74 Å². The summed E-state index contributed by atoms with van der Waals surface area (Å²) in [7, 11) is 2.23. The van der Waals surface area contributed by atoms with Crippen LogP contribution in [0.5, 0.6) is 5.75 Å². The summed E-state index contributed by atoms with van der Waals surface area (Å²) in [6.45, 7) is 0.934. The standard InChI is InChI=1S/C21H26N2O2/c1-22(18-10-3-2-4-11-18)15-16-8-7-9-17(14-16)21-23(24)19-12-5-6-13-20(19)25-21/h5-9,12-14,18,21,24H,2-4,10-11,15H2,1H3. The molecule has 1 fully saturated rings. The van der Waals surface area contributed by atoms with Crippen molar-refractivity contribution in [1.82, 2.24) is 4.90 Å². The topological polar surface area (TPSA) is 35.9 Å². The highest BCUT2D eigenvalue weighted by atomic mass is 16.6. The second-order valence-electron chi connectivity index (χ2n) is 7.23. The number of ether oxygens (including phenoxy) is 1. The Morgan fingerprint density at radius 1 is 1.08 bits per heavy atom. The van der Waals surface area contributed by atoms with E-state index >= 15 is 0 Å². The van der Waals surface area contributed by atoms with Gasteiger partial charge >= 0.3 is 0 Å². The van der Waals surface area contributed by atoms with Crippen LogP contribution in [0.4, 0.5) is 5.69 Å². The number of anilines is 1. The summed E-state index contributed by atoms with van der Waals surface area (Å²) in [6.07, 6.45) is 6.22. The fraction of sp³-hybridized carbons (Fsp3) is 0.429. The molecule has 1 N–H and O–H groups in total. The molecule has 1 unspecified atom stereocenters. The lowest BCUT2D eigenvalue weighted by molar-refractivity contribution is 0.114. The van der Waals surface area contributed by atoms with Gasteiger partial charge in [-0.3, -0.25) is 10.1 Å². The molecule has 2 aliphatic rings. The molecule has 0 radical (unpaired) electrons. The molecule has 1 saturated carbocycles. The number of fused-ring (bicyclic) bond motifs is 1. The van der Waals surface area contributed by atoms with Crippen LogP contribution in [0.15, 0.2) is 48.5 Å². The van der Waals surface area contributed by atoms with Gasteiger partial charge in [-0.05, 0) is 43.7 Å². The third kappa shape index (κ3) is 3.37. The van der Waals surface area contributed by atoms with Crippen LogP contribution in [0, 0.1) is 0 Å². The Hall–Kier alpha value is -2.04. The normalized spacial score (nSPS) is 20.6. The zero-order chi connectivity index (χ0) is 17.2. The van der Waals surface area contributed by atoms with Crippen molar-refractivity contribution in [2.24, 2.45) is 0 Å². The van der Waals surface area contributed by atoms with Crippen LogP contribution in [-0.2, 0) is 6.54 Å². The summed E-state index contributed by atoms with van der Waals surface area (Å²) in [5.41, 5.74) is 2.96. The van der Waals surface area contributed by atoms with Crippen LogP contribution in [0.2, 0.25) is 0 Å². The number of rotatable bonds is 4. The molecule has 0 aromatic heterocycles. The van der Waals surface area contributed by atoms with Gasteiger partial charge in [0.1, 0.15) is 11.4 Å². The molecule has 4 heteroatoms. The molecule has 0 saturated heterocycles. The number of hydrogen-bond donors (Lipinski definition) is 1. The Morgan fingerprint density at radius 3 is 2.68 bits per heavy atom. The summed E-state index contributed by atoms with van der Waals surface area (Å²) < 4.78 is 5.94. The SMILES string of the molecule is CN(Cc1cccc(C2Oc3ccccc3N2O)c1)C1CCCCC1. The molecule has 1 aliphatic carbocycles. The fourth-order valence-corrected chi connectivity index (χ4v) is 4.04. The van der Waals surface area contributed by atoms with Gasteiger partial charge in [0.2, 0.25) is 6.23 Å². The van der Waals surface area contributed by atoms with Crippen LogP contribution in [0.1, 0.15) is 49.5 Å². The van der Waals surface area contributed by atoms with E-state index in [1.807, 2.05) is 30.3 Å². The molecule has 4 rings (SSSR count). The second-order valence-corrected chi connectivity index (χ2v) is 7.23. The van der Waals surface area contributed by atoms with Gasteiger partial charge in [-0.1, -0.05) is 49.6 Å². The molecule has 25 heavy (non-hydrogen) atoms. The van der Waals surface area contributed by atoms with E-state index in [0.29, 0.717) is 6.04 Å². The molecule has 0 amide bonds. The average Bonchev–Trinajstić information content (AvgIpc) is 3.00. The fourth-order valence-electron chi connectivity index (χ4n) is 4.04. The molecule has 4 nitrogen and oxygen atoms in total. The molecule has 0 spiro atoms. The Labute approximate surface area is 149 Å². The highest BCUT2D eigenvalue weighted by molar-refractivity contribution is 5.61. The quantitative estimate of drug-likeness (QED) is 0.873. The van der Waals surface area contributed by atoms with E-state index in [-0.39, 0.29) is 0 Å². The molecule has 1 aliphatic heterocycles. The van der Waals surface area contributed by atoms with Crippen molar-refractivity contribution >= 4 is 5.69 Å². The van der Waals surface area contributed by atoms with Gasteiger partial charge in [-0.15, -0.1) is 0 Å². The minimum Gasteiger partial charge on any atom is -0.462 e. The zero-order valence-corrected chi connectivity index (χ0v) is 14.8. The zero-order valence-electron chi connectivity index (χ0n) is 14.8. The van der Waals surface area contributed by atoms with Gasteiger partial charge in [0.25, 0.3) is 0 Å². The van der Waals surface area contributed by atoms with E-state index in [0.717, 1.165) is 23.5 Å². The van der Waals surface area contributed by atoms with Crippen molar-refractivity contribution in [3.63, 3.8) is 0 Å². The summed E-state index contributed by atoms with van der Waals surface area (Å²) in [6, 6.07) is 16.7. The van der Waals surface area contributed by atoms with Crippen molar-refractivity contribution in [2.75, 3.05) is 12.1 Å². The molecule has 2 aromatic rings. The van der Waals surface area contributed by atoms with Gasteiger partial charge in [-0.25, -0.2) is 5.06 Å². The minimum atomic E-state index is -0.475. The molecule has 1 heterocycles. The molecule has 132 valence electrons. The van der Waals surface area contributed by atoms with Crippen LogP contribution in [-0.4, -0.2) is 23.2 Å². The molecule has 2 aromatic carbocycles. The molecule has 0 bridgehead atoms. The minimum absolute atomic E-state index is 0.475. The summed E-state index contributed by atoms with van der Waals surface area (Å²) in [5.74, 6) is 0.722. The van der Waals surface area contributed by atoms with Gasteiger partial charge in [0, 0.05) is 18.2 Å². The average molecular weight is 338 g/mol. The van der Waals surface area contributed by atoms with Crippen molar-refractivity contribution in [3.05, 3.63) is 59.7 Å². The lowest BCUT2D eigenvalue weighted by Crippen LogP contribution is -2.33. The first-order chi connectivity index (χ1) is 12.2. The van der Waals surface area contributed by atoms with Crippen LogP contribution >= 0.6 is 0 Å². The predicted molar refractivity (Wildman–Crippen MR) is 98.9 cm³/mol. The summed E-state index contributed by atoms with van der Waals surface area (Å²) in [4.78, 5) is 2.47. The number of hydroxylamine groups is 1. The highest BCUT2D eigenvalue weighted by Gasteiger charge is 2.31. The van der Waals surface area contributed by atoms with E-state index < -0.39 is 6.23 Å². The maximum atomic E-state index is 10.5. The molecular formula is C21H26N2O2. The maximum absolute atomic E-state index is 10.5. The molecule has 1 atom stereocenters. The number of nitrogens with zero attached hydrogens (tertiary/aromatic N) is 2. The van der Waals surface area contributed by atoms with Crippen molar-refractivity contribution in [3.8, 4) is 5.75 Å². The van der Waals surface area contributed by atoms with Gasteiger partial charge in [-0.2, -0.15) is 0 Å². The number of benzene rings is 2. The highest BCUT2D eigenvalue weighted by Crippen LogP contribution is 2.41. The number of hydrogen-bond acceptors (Lipinski definition) is 4. The smallest absolute Gasteiger partial charge is 0.221 e. The van der Waals surface area contributed by atoms with Crippen LogP contribution < -0.4 is 9.80 Å². The van der Waals surface area contributed by atoms with E-state index in [4.69, 9.17) is 4.74 Å². The summed E-state index contributed by atoms with van der Waals surface area (Å²) in [5, 5.41) is 11.7. The molecular weight excluding hydrogens is 312 g/mol. The van der Waals surface area contributed by atoms with Crippen LogP contribution in [0.3, 0.4) is 0 Å². The monoisotopic (exact) mass is 338 g/mol. The lowest BCUT2D eigenvalue weighted by Gasteiger charge is -2.31. The lowest BCUT2D eigenvalue weighted by atomic mass is 9.94. The van der Waals surface area contributed by atoms with Crippen molar-refractivity contribution < 1.29 is 9.94 Å². The predicted octanol–water partition coefficient (Wildman–Crippen LogP) is 4.74. The van der Waals surface area contributed by atoms with Gasteiger partial charge in [0.15, 0.2) is 0 Å². The third-order valence-corrected chi connectivity index (χ3v) is 5.44. The first-order valence-electron chi connectivity index (χ1n) is 9.25. The largest absolute Gasteiger partial charge is 0.462 e. The van der Waals surface area contributed by atoms with Gasteiger partial charge in [0.05, 0.1) is 0 Å². The third-order valence-electron chi connectivity index (χ3n) is 5.44. The van der Waals surface area contributed by atoms with E-state index in [1.54, 1.807) is 0 Å². The first kappa shape index (κ1) is 16.4. The van der Waals surface area contributed by atoms with E-state index in [2.05, 4.69) is 30.1 Å². The maximum Gasteiger partial charge on any atom is 0.221 e. The number of para-hydroxylation sites is 2. The van der Waals surface area contributed by atoms with Crippen LogP contribution in [0.25, 0.3) is 0 Å². The Bertz CT molecular complexity index is 727. The first-order valence-corrected chi connectivity index (χ1v) is 9.25. The Kier molecular flexibility index (Phi) is 4.64. The van der Waals surface area contributed by atoms with Crippen molar-refractivity contribution in [2.45, 2.75) is 50.9 Å². The van der Waals surface area contributed by atoms with E-state index in [1.165, 1.54) is 42.7 Å². The van der Waals surface area contributed by atoms with E-state index in [9.17, 15) is 5.21 Å². The Balaban J connectivity index is 1.48. The summed E-state index contributed by atoms with van der Waals surface area (Å²) >= 11 is 0.